The summed E-state index contributed by atoms with van der Waals surface area (Å²) in [6, 6.07) is -0.295. The van der Waals surface area contributed by atoms with Gasteiger partial charge in [0.15, 0.2) is 0 Å². The van der Waals surface area contributed by atoms with Crippen molar-refractivity contribution in [2.24, 2.45) is 5.92 Å². The summed E-state index contributed by atoms with van der Waals surface area (Å²) in [6.45, 7) is 4.38. The van der Waals surface area contributed by atoms with E-state index in [1.165, 1.54) is 4.90 Å². The minimum absolute atomic E-state index is 0.226. The maximum atomic E-state index is 11.6. The van der Waals surface area contributed by atoms with Crippen LogP contribution >= 0.6 is 0 Å². The van der Waals surface area contributed by atoms with Gasteiger partial charge < -0.3 is 15.3 Å². The molecular weight excluding hydrogens is 208 g/mol. The molecule has 0 spiro atoms. The van der Waals surface area contributed by atoms with E-state index in [9.17, 15) is 9.59 Å². The zero-order chi connectivity index (χ0) is 12.0. The molecule has 1 aliphatic carbocycles. The van der Waals surface area contributed by atoms with E-state index in [-0.39, 0.29) is 12.6 Å². The monoisotopic (exact) mass is 226 g/mol. The van der Waals surface area contributed by atoms with Gasteiger partial charge in [-0.25, -0.2) is 4.79 Å². The van der Waals surface area contributed by atoms with Gasteiger partial charge in [0.2, 0.25) is 0 Å². The number of amides is 2. The van der Waals surface area contributed by atoms with E-state index in [0.717, 1.165) is 12.8 Å². The Morgan fingerprint density at radius 1 is 1.50 bits per heavy atom. The van der Waals surface area contributed by atoms with Crippen LogP contribution in [-0.2, 0) is 4.79 Å². The summed E-state index contributed by atoms with van der Waals surface area (Å²) in [5, 5.41) is 11.4. The number of nitrogens with zero attached hydrogens (tertiary/aromatic N) is 1. The first-order chi connectivity index (χ1) is 7.63. The summed E-state index contributed by atoms with van der Waals surface area (Å²) in [5.41, 5.74) is 0. The van der Waals surface area contributed by atoms with E-state index < -0.39 is 5.97 Å². The molecule has 0 saturated heterocycles. The first-order valence-electron chi connectivity index (χ1n) is 5.49. The fourth-order valence-corrected chi connectivity index (χ4v) is 1.39. The van der Waals surface area contributed by atoms with Crippen LogP contribution in [0.3, 0.4) is 0 Å². The van der Waals surface area contributed by atoms with Crippen LogP contribution in [0.2, 0.25) is 0 Å². The van der Waals surface area contributed by atoms with Crippen molar-refractivity contribution in [3.8, 4) is 0 Å². The van der Waals surface area contributed by atoms with Crippen molar-refractivity contribution in [1.29, 1.82) is 0 Å². The lowest BCUT2D eigenvalue weighted by Crippen LogP contribution is -2.44. The van der Waals surface area contributed by atoms with E-state index in [1.54, 1.807) is 6.08 Å². The van der Waals surface area contributed by atoms with Gasteiger partial charge in [0.05, 0.1) is 0 Å². The summed E-state index contributed by atoms with van der Waals surface area (Å²) in [5.74, 6) is -0.482. The Bertz CT molecular complexity index is 274. The van der Waals surface area contributed by atoms with Crippen LogP contribution in [0, 0.1) is 5.92 Å². The average Bonchev–Trinajstić information content (AvgIpc) is 3.00. The number of carboxylic acids is 1. The first-order valence-corrected chi connectivity index (χ1v) is 5.49. The molecule has 0 aliphatic heterocycles. The predicted octanol–water partition coefficient (Wildman–Crippen LogP) is 1.07. The number of hydrogen-bond donors (Lipinski definition) is 2. The summed E-state index contributed by atoms with van der Waals surface area (Å²) >= 11 is 0. The van der Waals surface area contributed by atoms with Gasteiger partial charge in [0.25, 0.3) is 0 Å². The van der Waals surface area contributed by atoms with Crippen LogP contribution in [0.4, 0.5) is 4.79 Å². The highest BCUT2D eigenvalue weighted by Gasteiger charge is 2.27. The number of hydrogen-bond acceptors (Lipinski definition) is 2. The fourth-order valence-electron chi connectivity index (χ4n) is 1.39. The number of aliphatic carboxylic acids is 1. The number of rotatable bonds is 7. The minimum Gasteiger partial charge on any atom is -0.480 e. The van der Waals surface area contributed by atoms with Crippen LogP contribution in [0.25, 0.3) is 0 Å². The molecule has 0 atom stereocenters. The summed E-state index contributed by atoms with van der Waals surface area (Å²) in [6.07, 6.45) is 4.59. The van der Waals surface area contributed by atoms with Gasteiger partial charge >= 0.3 is 12.0 Å². The molecule has 0 heterocycles. The van der Waals surface area contributed by atoms with Gasteiger partial charge in [-0.2, -0.15) is 0 Å². The van der Waals surface area contributed by atoms with Crippen molar-refractivity contribution in [3.63, 3.8) is 0 Å². The number of nitrogens with one attached hydrogen (secondary N) is 1. The maximum Gasteiger partial charge on any atom is 0.323 e. The maximum absolute atomic E-state index is 11.6. The van der Waals surface area contributed by atoms with E-state index in [2.05, 4.69) is 11.9 Å². The summed E-state index contributed by atoms with van der Waals surface area (Å²) < 4.78 is 0. The lowest BCUT2D eigenvalue weighted by atomic mass is 10.3. The molecule has 1 aliphatic rings. The molecule has 0 radical (unpaired) electrons. The van der Waals surface area contributed by atoms with Gasteiger partial charge in [0, 0.05) is 13.1 Å². The van der Waals surface area contributed by atoms with E-state index in [1.807, 2.05) is 0 Å². The van der Waals surface area contributed by atoms with Crippen molar-refractivity contribution in [3.05, 3.63) is 12.7 Å². The number of carbonyl (C=O) groups excluding carboxylic acids is 1. The summed E-state index contributed by atoms with van der Waals surface area (Å²) in [4.78, 5) is 23.6. The zero-order valence-electron chi connectivity index (χ0n) is 9.32. The molecule has 0 aromatic carbocycles. The fraction of sp³-hybridized carbons (Fsp3) is 0.636. The molecule has 0 aromatic heterocycles. The van der Waals surface area contributed by atoms with Gasteiger partial charge in [-0.3, -0.25) is 4.79 Å². The minimum atomic E-state index is -0.973. The smallest absolute Gasteiger partial charge is 0.323 e. The molecule has 90 valence electrons. The zero-order valence-corrected chi connectivity index (χ0v) is 9.32. The second-order valence-corrected chi connectivity index (χ2v) is 4.03. The van der Waals surface area contributed by atoms with Gasteiger partial charge in [-0.05, 0) is 25.2 Å². The van der Waals surface area contributed by atoms with Gasteiger partial charge in [0.1, 0.15) is 6.54 Å². The highest BCUT2D eigenvalue weighted by Crippen LogP contribution is 2.29. The number of carbonyl (C=O) groups is 2. The molecule has 0 bridgehead atoms. The third kappa shape index (κ3) is 4.82. The molecule has 1 saturated carbocycles. The molecule has 1 rings (SSSR count). The van der Waals surface area contributed by atoms with Gasteiger partial charge in [-0.15, -0.1) is 6.58 Å². The first kappa shape index (κ1) is 12.5. The normalized spacial score (nSPS) is 14.2. The molecule has 5 nitrogen and oxygen atoms in total. The van der Waals surface area contributed by atoms with Crippen LogP contribution in [0.5, 0.6) is 0 Å². The Labute approximate surface area is 95.1 Å². The van der Waals surface area contributed by atoms with Crippen molar-refractivity contribution in [1.82, 2.24) is 10.2 Å². The quantitative estimate of drug-likeness (QED) is 0.504. The highest BCUT2D eigenvalue weighted by molar-refractivity contribution is 5.80. The Hall–Kier alpha value is -1.52. The highest BCUT2D eigenvalue weighted by atomic mass is 16.4. The van der Waals surface area contributed by atoms with Crippen LogP contribution in [0.1, 0.15) is 19.3 Å². The third-order valence-electron chi connectivity index (χ3n) is 2.41. The Balaban J connectivity index is 2.35. The molecule has 0 unspecified atom stereocenters. The van der Waals surface area contributed by atoms with Crippen LogP contribution in [0.15, 0.2) is 12.7 Å². The molecule has 2 amide bonds. The van der Waals surface area contributed by atoms with Crippen molar-refractivity contribution >= 4 is 12.0 Å². The molecule has 0 aromatic rings. The second-order valence-electron chi connectivity index (χ2n) is 4.03. The molecule has 5 heteroatoms. The van der Waals surface area contributed by atoms with E-state index >= 15 is 0 Å². The SMILES string of the molecule is C=CCCNC(=O)N(CC(=O)O)CC1CC1. The standard InChI is InChI=1S/C11H18N2O3/c1-2-3-6-12-11(16)13(8-10(14)15)7-9-4-5-9/h2,9H,1,3-8H2,(H,12,16)(H,14,15). The van der Waals surface area contributed by atoms with Crippen molar-refractivity contribution in [2.75, 3.05) is 19.6 Å². The Kier molecular flexibility index (Phi) is 4.82. The lowest BCUT2D eigenvalue weighted by Gasteiger charge is -2.20. The van der Waals surface area contributed by atoms with Crippen LogP contribution < -0.4 is 5.32 Å². The second kappa shape index (κ2) is 6.15. The van der Waals surface area contributed by atoms with Crippen LogP contribution in [-0.4, -0.2) is 41.6 Å². The van der Waals surface area contributed by atoms with Crippen molar-refractivity contribution in [2.45, 2.75) is 19.3 Å². The molecular formula is C11H18N2O3. The molecule has 16 heavy (non-hydrogen) atoms. The van der Waals surface area contributed by atoms with E-state index in [4.69, 9.17) is 5.11 Å². The third-order valence-corrected chi connectivity index (χ3v) is 2.41. The average molecular weight is 226 g/mol. The number of urea groups is 1. The van der Waals surface area contributed by atoms with E-state index in [0.29, 0.717) is 25.4 Å². The summed E-state index contributed by atoms with van der Waals surface area (Å²) in [7, 11) is 0. The van der Waals surface area contributed by atoms with Crippen molar-refractivity contribution < 1.29 is 14.7 Å². The largest absolute Gasteiger partial charge is 0.480 e. The molecule has 1 fully saturated rings. The predicted molar refractivity (Wildman–Crippen MR) is 60.1 cm³/mol. The Morgan fingerprint density at radius 2 is 2.19 bits per heavy atom. The number of carboxylic acid groups (broad SMARTS) is 1. The topological polar surface area (TPSA) is 69.6 Å². The lowest BCUT2D eigenvalue weighted by molar-refractivity contribution is -0.137. The van der Waals surface area contributed by atoms with Gasteiger partial charge in [-0.1, -0.05) is 6.08 Å². The molecule has 2 N–H and O–H groups in total. The Morgan fingerprint density at radius 3 is 2.69 bits per heavy atom.